The summed E-state index contributed by atoms with van der Waals surface area (Å²) in [5.41, 5.74) is -0.879. The van der Waals surface area contributed by atoms with E-state index in [2.05, 4.69) is 11.8 Å². The average Bonchev–Trinajstić information content (AvgIpc) is 3.05. The second-order valence-electron chi connectivity index (χ2n) is 7.04. The minimum Gasteiger partial charge on any atom is -0.478 e. The Kier molecular flexibility index (Phi) is 7.16. The zero-order valence-electron chi connectivity index (χ0n) is 14.0. The first-order valence-corrected chi connectivity index (χ1v) is 9.31. The topological polar surface area (TPSA) is 77.8 Å². The number of aliphatic carboxylic acids is 1. The van der Waals surface area contributed by atoms with Crippen LogP contribution >= 0.6 is 11.6 Å². The lowest BCUT2D eigenvalue weighted by Crippen LogP contribution is -2.24. The number of hydrogen-bond acceptors (Lipinski definition) is 3. The SMILES string of the molecule is O=C(O)/C=C/CCCC[C@@H]1[C@@H](C#CC2(O)CCCC2)[C@H](O)C[C@H]1Cl. The summed E-state index contributed by atoms with van der Waals surface area (Å²) in [6, 6.07) is 0. The van der Waals surface area contributed by atoms with Gasteiger partial charge < -0.3 is 15.3 Å². The molecule has 0 saturated heterocycles. The van der Waals surface area contributed by atoms with Crippen LogP contribution in [-0.4, -0.2) is 38.4 Å². The first-order chi connectivity index (χ1) is 11.4. The number of aliphatic hydroxyl groups is 2. The summed E-state index contributed by atoms with van der Waals surface area (Å²) in [6.07, 6.45) is 9.70. The van der Waals surface area contributed by atoms with Crippen LogP contribution in [0.3, 0.4) is 0 Å². The summed E-state index contributed by atoms with van der Waals surface area (Å²) >= 11 is 6.40. The van der Waals surface area contributed by atoms with Crippen molar-refractivity contribution in [1.82, 2.24) is 0 Å². The van der Waals surface area contributed by atoms with Crippen LogP contribution in [0.4, 0.5) is 0 Å². The van der Waals surface area contributed by atoms with E-state index in [0.29, 0.717) is 19.3 Å². The number of hydrogen-bond donors (Lipinski definition) is 3. The maximum atomic E-state index is 10.4. The summed E-state index contributed by atoms with van der Waals surface area (Å²) in [4.78, 5) is 10.4. The molecule has 0 heterocycles. The number of carboxylic acid groups (broad SMARTS) is 1. The van der Waals surface area contributed by atoms with Crippen LogP contribution in [0, 0.1) is 23.7 Å². The van der Waals surface area contributed by atoms with Crippen molar-refractivity contribution in [2.75, 3.05) is 0 Å². The smallest absolute Gasteiger partial charge is 0.327 e. The van der Waals surface area contributed by atoms with Gasteiger partial charge in [0.15, 0.2) is 0 Å². The fraction of sp³-hybridized carbons (Fsp3) is 0.737. The number of carbonyl (C=O) groups is 1. The van der Waals surface area contributed by atoms with E-state index in [1.165, 1.54) is 6.08 Å². The molecule has 2 saturated carbocycles. The zero-order valence-corrected chi connectivity index (χ0v) is 14.7. The monoisotopic (exact) mass is 354 g/mol. The lowest BCUT2D eigenvalue weighted by molar-refractivity contribution is -0.131. The van der Waals surface area contributed by atoms with Gasteiger partial charge in [-0.25, -0.2) is 4.79 Å². The van der Waals surface area contributed by atoms with E-state index >= 15 is 0 Å². The predicted octanol–water partition coefficient (Wildman–Crippen LogP) is 3.10. The molecule has 2 rings (SSSR count). The van der Waals surface area contributed by atoms with Crippen LogP contribution in [-0.2, 0) is 4.79 Å². The quantitative estimate of drug-likeness (QED) is 0.296. The van der Waals surface area contributed by atoms with Crippen molar-refractivity contribution < 1.29 is 20.1 Å². The zero-order chi connectivity index (χ0) is 17.6. The number of unbranched alkanes of at least 4 members (excludes halogenated alkanes) is 2. The van der Waals surface area contributed by atoms with E-state index in [9.17, 15) is 15.0 Å². The van der Waals surface area contributed by atoms with Gasteiger partial charge in [-0.1, -0.05) is 24.3 Å². The number of allylic oxidation sites excluding steroid dienone is 1. The van der Waals surface area contributed by atoms with Gasteiger partial charge in [-0.05, 0) is 57.3 Å². The van der Waals surface area contributed by atoms with Crippen molar-refractivity contribution in [2.24, 2.45) is 11.8 Å². The highest BCUT2D eigenvalue weighted by atomic mass is 35.5. The van der Waals surface area contributed by atoms with Gasteiger partial charge in [-0.2, -0.15) is 0 Å². The Bertz CT molecular complexity index is 513. The average molecular weight is 355 g/mol. The van der Waals surface area contributed by atoms with Crippen LogP contribution < -0.4 is 0 Å². The Balaban J connectivity index is 1.87. The van der Waals surface area contributed by atoms with E-state index in [4.69, 9.17) is 16.7 Å². The van der Waals surface area contributed by atoms with Crippen molar-refractivity contribution in [1.29, 1.82) is 0 Å². The summed E-state index contributed by atoms with van der Waals surface area (Å²) in [7, 11) is 0. The molecule has 2 aliphatic rings. The third-order valence-electron chi connectivity index (χ3n) is 5.13. The lowest BCUT2D eigenvalue weighted by Gasteiger charge is -2.20. The number of aliphatic hydroxyl groups excluding tert-OH is 1. The molecule has 134 valence electrons. The van der Waals surface area contributed by atoms with Crippen LogP contribution in [0.1, 0.15) is 57.8 Å². The minimum absolute atomic E-state index is 0.0907. The molecule has 2 aliphatic carbocycles. The van der Waals surface area contributed by atoms with Gasteiger partial charge in [0.2, 0.25) is 0 Å². The van der Waals surface area contributed by atoms with Gasteiger partial charge in [0.05, 0.1) is 12.0 Å². The van der Waals surface area contributed by atoms with Crippen molar-refractivity contribution in [3.8, 4) is 11.8 Å². The molecule has 0 aliphatic heterocycles. The molecular weight excluding hydrogens is 328 g/mol. The molecule has 24 heavy (non-hydrogen) atoms. The molecule has 0 aromatic heterocycles. The standard InChI is InChI=1S/C19H27ClO4/c20-16-13-17(21)15(9-12-19(24)10-5-6-11-19)14(16)7-3-1-2-4-8-18(22)23/h4,8,14-17,21,24H,1-3,5-7,10-11,13H2,(H,22,23)/b8-4+/t14-,15-,16-,17-/m1/s1. The van der Waals surface area contributed by atoms with Gasteiger partial charge in [-0.15, -0.1) is 11.6 Å². The van der Waals surface area contributed by atoms with Crippen LogP contribution in [0.5, 0.6) is 0 Å². The highest BCUT2D eigenvalue weighted by molar-refractivity contribution is 6.21. The third-order valence-corrected chi connectivity index (χ3v) is 5.63. The molecule has 3 N–H and O–H groups in total. The molecule has 2 fully saturated rings. The number of halogens is 1. The normalized spacial score (nSPS) is 32.0. The second kappa shape index (κ2) is 8.89. The predicted molar refractivity (Wildman–Crippen MR) is 93.7 cm³/mol. The molecule has 0 unspecified atom stereocenters. The fourth-order valence-electron chi connectivity index (χ4n) is 3.75. The Labute approximate surface area is 148 Å². The van der Waals surface area contributed by atoms with Crippen molar-refractivity contribution >= 4 is 17.6 Å². The highest BCUT2D eigenvalue weighted by Crippen LogP contribution is 2.39. The molecule has 4 atom stereocenters. The summed E-state index contributed by atoms with van der Waals surface area (Å²) in [5, 5.41) is 29.1. The number of rotatable bonds is 6. The van der Waals surface area contributed by atoms with Gasteiger partial charge in [0.1, 0.15) is 5.60 Å². The van der Waals surface area contributed by atoms with E-state index < -0.39 is 17.7 Å². The third kappa shape index (κ3) is 5.51. The van der Waals surface area contributed by atoms with Gasteiger partial charge >= 0.3 is 5.97 Å². The Hall–Kier alpha value is -1.02. The number of carboxylic acids is 1. The maximum absolute atomic E-state index is 10.4. The van der Waals surface area contributed by atoms with Crippen LogP contribution in [0.15, 0.2) is 12.2 Å². The largest absolute Gasteiger partial charge is 0.478 e. The molecular formula is C19H27ClO4. The molecule has 4 nitrogen and oxygen atoms in total. The van der Waals surface area contributed by atoms with Crippen molar-refractivity contribution in [3.63, 3.8) is 0 Å². The molecule has 0 amide bonds. The molecule has 0 bridgehead atoms. The molecule has 0 aromatic carbocycles. The minimum atomic E-state index is -0.921. The van der Waals surface area contributed by atoms with Gasteiger partial charge in [0, 0.05) is 11.5 Å². The second-order valence-corrected chi connectivity index (χ2v) is 7.60. The number of alkyl halides is 1. The van der Waals surface area contributed by atoms with Crippen LogP contribution in [0.25, 0.3) is 0 Å². The fourth-order valence-corrected chi connectivity index (χ4v) is 4.22. The molecule has 0 spiro atoms. The Morgan fingerprint density at radius 1 is 1.29 bits per heavy atom. The molecule has 5 heteroatoms. The summed E-state index contributed by atoms with van der Waals surface area (Å²) in [6.45, 7) is 0. The van der Waals surface area contributed by atoms with E-state index in [1.54, 1.807) is 6.08 Å². The molecule has 0 aromatic rings. The first kappa shape index (κ1) is 19.3. The van der Waals surface area contributed by atoms with E-state index in [0.717, 1.165) is 38.5 Å². The lowest BCUT2D eigenvalue weighted by atomic mass is 9.89. The van der Waals surface area contributed by atoms with E-state index in [-0.39, 0.29) is 17.2 Å². The van der Waals surface area contributed by atoms with Gasteiger partial charge in [-0.3, -0.25) is 0 Å². The summed E-state index contributed by atoms with van der Waals surface area (Å²) in [5.74, 6) is 5.18. The van der Waals surface area contributed by atoms with Crippen molar-refractivity contribution in [3.05, 3.63) is 12.2 Å². The Morgan fingerprint density at radius 3 is 2.67 bits per heavy atom. The van der Waals surface area contributed by atoms with E-state index in [1.807, 2.05) is 0 Å². The Morgan fingerprint density at radius 2 is 2.00 bits per heavy atom. The summed E-state index contributed by atoms with van der Waals surface area (Å²) < 4.78 is 0. The molecule has 0 radical (unpaired) electrons. The maximum Gasteiger partial charge on any atom is 0.327 e. The van der Waals surface area contributed by atoms with Crippen LogP contribution in [0.2, 0.25) is 0 Å². The first-order valence-electron chi connectivity index (χ1n) is 8.88. The highest BCUT2D eigenvalue weighted by Gasteiger charge is 2.40. The van der Waals surface area contributed by atoms with Crippen molar-refractivity contribution in [2.45, 2.75) is 74.9 Å². The van der Waals surface area contributed by atoms with Gasteiger partial charge in [0.25, 0.3) is 0 Å².